The number of aromatic nitrogens is 1. The molecule has 0 radical (unpaired) electrons. The normalized spacial score (nSPS) is 10.5. The van der Waals surface area contributed by atoms with Crippen LogP contribution in [-0.4, -0.2) is 12.0 Å². The van der Waals surface area contributed by atoms with Crippen molar-refractivity contribution in [3.05, 3.63) is 41.4 Å². The van der Waals surface area contributed by atoms with E-state index in [2.05, 4.69) is 10.3 Å². The van der Waals surface area contributed by atoms with Crippen LogP contribution in [0, 0.1) is 0 Å². The van der Waals surface area contributed by atoms with Crippen LogP contribution >= 0.6 is 11.6 Å². The van der Waals surface area contributed by atoms with E-state index in [1.54, 1.807) is 6.20 Å². The minimum Gasteiger partial charge on any atom is -0.439 e. The van der Waals surface area contributed by atoms with Crippen molar-refractivity contribution in [2.45, 2.75) is 6.54 Å². The third-order valence-electron chi connectivity index (χ3n) is 1.99. The Hall–Kier alpha value is -1.32. The van der Waals surface area contributed by atoms with E-state index in [-0.39, 0.29) is 0 Å². The van der Waals surface area contributed by atoms with Crippen LogP contribution in [0.3, 0.4) is 0 Å². The molecule has 0 saturated heterocycles. The molecule has 1 aromatic carbocycles. The van der Waals surface area contributed by atoms with Gasteiger partial charge in [0.25, 0.3) is 0 Å². The lowest BCUT2D eigenvalue weighted by molar-refractivity contribution is 0.491. The Morgan fingerprint density at radius 2 is 2.33 bits per heavy atom. The smallest absolute Gasteiger partial charge is 0.208 e. The molecule has 0 unspecified atom stereocenters. The van der Waals surface area contributed by atoms with Gasteiger partial charge in [0.1, 0.15) is 0 Å². The fraction of sp³-hybridized carbons (Fsp3) is 0.182. The zero-order valence-electron chi connectivity index (χ0n) is 8.33. The third-order valence-corrected chi connectivity index (χ3v) is 2.23. The molecular formula is C11H11ClN2O. The number of rotatable bonds is 3. The molecule has 0 amide bonds. The van der Waals surface area contributed by atoms with Gasteiger partial charge in [-0.1, -0.05) is 23.7 Å². The summed E-state index contributed by atoms with van der Waals surface area (Å²) in [6.45, 7) is 0.626. The molecule has 0 saturated carbocycles. The SMILES string of the molecule is CNCc1ncc(-c2cccc(Cl)c2)o1. The van der Waals surface area contributed by atoms with Crippen molar-refractivity contribution >= 4 is 11.6 Å². The lowest BCUT2D eigenvalue weighted by atomic mass is 10.2. The second-order valence-corrected chi connectivity index (χ2v) is 3.60. The molecule has 2 rings (SSSR count). The second kappa shape index (κ2) is 4.47. The van der Waals surface area contributed by atoms with E-state index in [0.29, 0.717) is 17.5 Å². The van der Waals surface area contributed by atoms with Crippen molar-refractivity contribution < 1.29 is 4.42 Å². The number of nitrogens with one attached hydrogen (secondary N) is 1. The van der Waals surface area contributed by atoms with Gasteiger partial charge in [-0.3, -0.25) is 0 Å². The van der Waals surface area contributed by atoms with E-state index in [4.69, 9.17) is 16.0 Å². The van der Waals surface area contributed by atoms with Gasteiger partial charge in [0, 0.05) is 10.6 Å². The molecular weight excluding hydrogens is 212 g/mol. The molecule has 0 atom stereocenters. The summed E-state index contributed by atoms with van der Waals surface area (Å²) in [6, 6.07) is 7.51. The minimum atomic E-state index is 0.626. The Kier molecular flexibility index (Phi) is 3.04. The van der Waals surface area contributed by atoms with E-state index >= 15 is 0 Å². The third kappa shape index (κ3) is 2.37. The van der Waals surface area contributed by atoms with Gasteiger partial charge in [-0.25, -0.2) is 4.98 Å². The highest BCUT2D eigenvalue weighted by molar-refractivity contribution is 6.30. The zero-order chi connectivity index (χ0) is 10.7. The summed E-state index contributed by atoms with van der Waals surface area (Å²) >= 11 is 5.89. The molecule has 4 heteroatoms. The van der Waals surface area contributed by atoms with Crippen LogP contribution in [0.2, 0.25) is 5.02 Å². The van der Waals surface area contributed by atoms with Crippen molar-refractivity contribution in [1.29, 1.82) is 0 Å². The molecule has 0 aliphatic carbocycles. The maximum Gasteiger partial charge on any atom is 0.208 e. The largest absolute Gasteiger partial charge is 0.439 e. The standard InChI is InChI=1S/C11H11ClN2O/c1-13-7-11-14-6-10(15-11)8-3-2-4-9(12)5-8/h2-6,13H,7H2,1H3. The number of nitrogens with zero attached hydrogens (tertiary/aromatic N) is 1. The quantitative estimate of drug-likeness (QED) is 0.868. The first kappa shape index (κ1) is 10.2. The molecule has 1 N–H and O–H groups in total. The van der Waals surface area contributed by atoms with Crippen LogP contribution in [0.1, 0.15) is 5.89 Å². The number of halogens is 1. The Labute approximate surface area is 93.1 Å². The topological polar surface area (TPSA) is 38.1 Å². The Balaban J connectivity index is 2.29. The van der Waals surface area contributed by atoms with Crippen LogP contribution in [0.4, 0.5) is 0 Å². The van der Waals surface area contributed by atoms with Crippen LogP contribution in [0.5, 0.6) is 0 Å². The predicted octanol–water partition coefficient (Wildman–Crippen LogP) is 2.71. The number of oxazole rings is 1. The van der Waals surface area contributed by atoms with Crippen molar-refractivity contribution in [3.8, 4) is 11.3 Å². The summed E-state index contributed by atoms with van der Waals surface area (Å²) in [4.78, 5) is 4.14. The summed E-state index contributed by atoms with van der Waals surface area (Å²) in [7, 11) is 1.85. The van der Waals surface area contributed by atoms with E-state index in [9.17, 15) is 0 Å². The lowest BCUT2D eigenvalue weighted by Crippen LogP contribution is -2.04. The minimum absolute atomic E-state index is 0.626. The predicted molar refractivity (Wildman–Crippen MR) is 59.7 cm³/mol. The molecule has 15 heavy (non-hydrogen) atoms. The summed E-state index contributed by atoms with van der Waals surface area (Å²) in [5.74, 6) is 1.41. The lowest BCUT2D eigenvalue weighted by Gasteiger charge is -1.96. The van der Waals surface area contributed by atoms with Crippen molar-refractivity contribution in [2.75, 3.05) is 7.05 Å². The van der Waals surface area contributed by atoms with Crippen LogP contribution in [-0.2, 0) is 6.54 Å². The molecule has 0 fully saturated rings. The maximum atomic E-state index is 5.89. The van der Waals surface area contributed by atoms with Gasteiger partial charge in [-0.15, -0.1) is 0 Å². The fourth-order valence-electron chi connectivity index (χ4n) is 1.32. The van der Waals surface area contributed by atoms with Gasteiger partial charge in [-0.05, 0) is 19.2 Å². The van der Waals surface area contributed by atoms with E-state index in [1.807, 2.05) is 31.3 Å². The summed E-state index contributed by atoms with van der Waals surface area (Å²) < 4.78 is 5.53. The molecule has 1 heterocycles. The molecule has 3 nitrogen and oxygen atoms in total. The zero-order valence-corrected chi connectivity index (χ0v) is 9.08. The molecule has 0 aliphatic rings. The Morgan fingerprint density at radius 1 is 1.47 bits per heavy atom. The van der Waals surface area contributed by atoms with Gasteiger partial charge in [-0.2, -0.15) is 0 Å². The van der Waals surface area contributed by atoms with Crippen LogP contribution in [0.15, 0.2) is 34.9 Å². The Bertz CT molecular complexity index is 453. The van der Waals surface area contributed by atoms with Gasteiger partial charge >= 0.3 is 0 Å². The summed E-state index contributed by atoms with van der Waals surface area (Å²) in [5.41, 5.74) is 0.942. The first-order valence-corrected chi connectivity index (χ1v) is 5.02. The van der Waals surface area contributed by atoms with E-state index in [1.165, 1.54) is 0 Å². The molecule has 78 valence electrons. The fourth-order valence-corrected chi connectivity index (χ4v) is 1.51. The number of hydrogen-bond donors (Lipinski definition) is 1. The average molecular weight is 223 g/mol. The Morgan fingerprint density at radius 3 is 3.07 bits per heavy atom. The van der Waals surface area contributed by atoms with Gasteiger partial charge in [0.2, 0.25) is 5.89 Å². The van der Waals surface area contributed by atoms with Crippen molar-refractivity contribution in [3.63, 3.8) is 0 Å². The molecule has 0 bridgehead atoms. The summed E-state index contributed by atoms with van der Waals surface area (Å²) in [6.07, 6.45) is 1.71. The van der Waals surface area contributed by atoms with Gasteiger partial charge < -0.3 is 9.73 Å². The first-order valence-electron chi connectivity index (χ1n) is 4.65. The maximum absolute atomic E-state index is 5.89. The number of benzene rings is 1. The van der Waals surface area contributed by atoms with Crippen LogP contribution < -0.4 is 5.32 Å². The van der Waals surface area contributed by atoms with E-state index < -0.39 is 0 Å². The van der Waals surface area contributed by atoms with E-state index in [0.717, 1.165) is 11.3 Å². The van der Waals surface area contributed by atoms with Crippen molar-refractivity contribution in [2.24, 2.45) is 0 Å². The number of hydrogen-bond acceptors (Lipinski definition) is 3. The van der Waals surface area contributed by atoms with Crippen molar-refractivity contribution in [1.82, 2.24) is 10.3 Å². The van der Waals surface area contributed by atoms with Crippen LogP contribution in [0.25, 0.3) is 11.3 Å². The molecule has 0 aliphatic heterocycles. The summed E-state index contributed by atoms with van der Waals surface area (Å²) in [5, 5.41) is 3.67. The van der Waals surface area contributed by atoms with Gasteiger partial charge in [0.05, 0.1) is 12.7 Å². The second-order valence-electron chi connectivity index (χ2n) is 3.16. The molecule has 2 aromatic rings. The highest BCUT2D eigenvalue weighted by Crippen LogP contribution is 2.23. The average Bonchev–Trinajstić information content (AvgIpc) is 2.67. The molecule has 0 spiro atoms. The van der Waals surface area contributed by atoms with Gasteiger partial charge in [0.15, 0.2) is 5.76 Å². The monoisotopic (exact) mass is 222 g/mol. The highest BCUT2D eigenvalue weighted by Gasteiger charge is 2.05. The highest BCUT2D eigenvalue weighted by atomic mass is 35.5. The molecule has 1 aromatic heterocycles. The first-order chi connectivity index (χ1) is 7.29.